The lowest BCUT2D eigenvalue weighted by Crippen LogP contribution is -2.28. The zero-order chi connectivity index (χ0) is 13.3. The number of carboxylic acid groups (broad SMARTS) is 1. The average Bonchev–Trinajstić information content (AvgIpc) is 2.74. The second kappa shape index (κ2) is 4.80. The Morgan fingerprint density at radius 2 is 2.06 bits per heavy atom. The Kier molecular flexibility index (Phi) is 3.36. The largest absolute Gasteiger partial charge is 0.493 e. The molecule has 1 aliphatic heterocycles. The summed E-state index contributed by atoms with van der Waals surface area (Å²) < 4.78 is 5.36. The molecular formula is C14H16O4. The molecule has 0 radical (unpaired) electrons. The highest BCUT2D eigenvalue weighted by atomic mass is 16.5. The molecule has 0 bridgehead atoms. The number of carbonyl (C=O) groups excluding carboxylic acids is 1. The van der Waals surface area contributed by atoms with Gasteiger partial charge in [-0.1, -0.05) is 13.8 Å². The van der Waals surface area contributed by atoms with E-state index in [9.17, 15) is 9.59 Å². The van der Waals surface area contributed by atoms with Gasteiger partial charge in [0.2, 0.25) is 0 Å². The van der Waals surface area contributed by atoms with Crippen LogP contribution in [-0.4, -0.2) is 23.5 Å². The van der Waals surface area contributed by atoms with Gasteiger partial charge in [0.25, 0.3) is 0 Å². The third-order valence-corrected chi connectivity index (χ3v) is 3.19. The van der Waals surface area contributed by atoms with Gasteiger partial charge >= 0.3 is 5.97 Å². The zero-order valence-corrected chi connectivity index (χ0v) is 10.5. The Balaban J connectivity index is 2.30. The molecule has 0 saturated heterocycles. The molecule has 18 heavy (non-hydrogen) atoms. The standard InChI is InChI=1S/C14H16O4/c1-8(2)12(14(16)17)13(15)10-3-4-11-9(7-10)5-6-18-11/h3-4,7-8,12H,5-6H2,1-2H3,(H,16,17). The molecule has 1 heterocycles. The molecule has 1 aromatic rings. The second-order valence-electron chi connectivity index (χ2n) is 4.85. The van der Waals surface area contributed by atoms with Crippen molar-refractivity contribution in [2.24, 2.45) is 11.8 Å². The van der Waals surface area contributed by atoms with Crippen LogP contribution in [0.3, 0.4) is 0 Å². The van der Waals surface area contributed by atoms with Gasteiger partial charge in [0, 0.05) is 12.0 Å². The number of carboxylic acids is 1. The summed E-state index contributed by atoms with van der Waals surface area (Å²) in [5.41, 5.74) is 1.44. The van der Waals surface area contributed by atoms with E-state index in [1.165, 1.54) is 0 Å². The van der Waals surface area contributed by atoms with Gasteiger partial charge < -0.3 is 9.84 Å². The number of aliphatic carboxylic acids is 1. The summed E-state index contributed by atoms with van der Waals surface area (Å²) in [4.78, 5) is 23.3. The molecule has 0 amide bonds. The van der Waals surface area contributed by atoms with Crippen LogP contribution in [0.15, 0.2) is 18.2 Å². The van der Waals surface area contributed by atoms with E-state index in [1.54, 1.807) is 32.0 Å². The predicted molar refractivity (Wildman–Crippen MR) is 65.9 cm³/mol. The molecule has 1 atom stereocenters. The highest BCUT2D eigenvalue weighted by Crippen LogP contribution is 2.27. The van der Waals surface area contributed by atoms with Crippen molar-refractivity contribution in [3.63, 3.8) is 0 Å². The van der Waals surface area contributed by atoms with Crippen molar-refractivity contribution in [1.29, 1.82) is 0 Å². The summed E-state index contributed by atoms with van der Waals surface area (Å²) in [7, 11) is 0. The van der Waals surface area contributed by atoms with Crippen molar-refractivity contribution in [2.75, 3.05) is 6.61 Å². The lowest BCUT2D eigenvalue weighted by Gasteiger charge is -2.15. The number of carbonyl (C=O) groups is 2. The lowest BCUT2D eigenvalue weighted by atomic mass is 9.87. The van der Waals surface area contributed by atoms with Crippen LogP contribution in [0.1, 0.15) is 29.8 Å². The third-order valence-electron chi connectivity index (χ3n) is 3.19. The predicted octanol–water partition coefficient (Wildman–Crippen LogP) is 2.16. The van der Waals surface area contributed by atoms with Crippen molar-refractivity contribution < 1.29 is 19.4 Å². The first kappa shape index (κ1) is 12.6. The Bertz CT molecular complexity index is 491. The summed E-state index contributed by atoms with van der Waals surface area (Å²) in [6, 6.07) is 5.14. The van der Waals surface area contributed by atoms with E-state index in [2.05, 4.69) is 0 Å². The molecule has 96 valence electrons. The number of benzene rings is 1. The Morgan fingerprint density at radius 1 is 1.33 bits per heavy atom. The molecule has 1 aromatic carbocycles. The Hall–Kier alpha value is -1.84. The van der Waals surface area contributed by atoms with Gasteiger partial charge in [-0.3, -0.25) is 9.59 Å². The fourth-order valence-corrected chi connectivity index (χ4v) is 2.22. The second-order valence-corrected chi connectivity index (χ2v) is 4.85. The molecule has 1 aliphatic rings. The summed E-state index contributed by atoms with van der Waals surface area (Å²) in [5.74, 6) is -1.80. The molecule has 2 rings (SSSR count). The van der Waals surface area contributed by atoms with Gasteiger partial charge in [-0.15, -0.1) is 0 Å². The van der Waals surface area contributed by atoms with E-state index >= 15 is 0 Å². The topological polar surface area (TPSA) is 63.6 Å². The van der Waals surface area contributed by atoms with E-state index in [0.29, 0.717) is 12.2 Å². The van der Waals surface area contributed by atoms with E-state index < -0.39 is 11.9 Å². The van der Waals surface area contributed by atoms with E-state index in [0.717, 1.165) is 17.7 Å². The number of ketones is 1. The van der Waals surface area contributed by atoms with Crippen LogP contribution in [0.25, 0.3) is 0 Å². The van der Waals surface area contributed by atoms with Gasteiger partial charge in [-0.2, -0.15) is 0 Å². The van der Waals surface area contributed by atoms with Gasteiger partial charge in [-0.05, 0) is 29.7 Å². The van der Waals surface area contributed by atoms with Crippen LogP contribution in [-0.2, 0) is 11.2 Å². The summed E-state index contributed by atoms with van der Waals surface area (Å²) >= 11 is 0. The molecule has 0 saturated carbocycles. The molecule has 0 fully saturated rings. The molecule has 0 aliphatic carbocycles. The minimum absolute atomic E-state index is 0.223. The molecule has 1 N–H and O–H groups in total. The average molecular weight is 248 g/mol. The first-order valence-electron chi connectivity index (χ1n) is 6.03. The number of ether oxygens (including phenoxy) is 1. The maximum atomic E-state index is 12.2. The number of hydrogen-bond acceptors (Lipinski definition) is 3. The smallest absolute Gasteiger partial charge is 0.314 e. The van der Waals surface area contributed by atoms with Crippen LogP contribution in [0.4, 0.5) is 0 Å². The summed E-state index contributed by atoms with van der Waals surface area (Å²) in [5, 5.41) is 9.12. The Morgan fingerprint density at radius 3 is 2.67 bits per heavy atom. The Labute approximate surface area is 106 Å². The minimum Gasteiger partial charge on any atom is -0.493 e. The quantitative estimate of drug-likeness (QED) is 0.655. The first-order valence-corrected chi connectivity index (χ1v) is 6.03. The molecule has 4 heteroatoms. The number of hydrogen-bond donors (Lipinski definition) is 1. The highest BCUT2D eigenvalue weighted by Gasteiger charge is 2.30. The maximum Gasteiger partial charge on any atom is 0.314 e. The zero-order valence-electron chi connectivity index (χ0n) is 10.5. The molecule has 4 nitrogen and oxygen atoms in total. The van der Waals surface area contributed by atoms with Crippen LogP contribution in [0.5, 0.6) is 5.75 Å². The SMILES string of the molecule is CC(C)C(C(=O)O)C(=O)c1ccc2c(c1)CCO2. The number of Topliss-reactive ketones (excluding diaryl/α,β-unsaturated/α-hetero) is 1. The van der Waals surface area contributed by atoms with Crippen LogP contribution < -0.4 is 4.74 Å². The fraction of sp³-hybridized carbons (Fsp3) is 0.429. The van der Waals surface area contributed by atoms with Gasteiger partial charge in [0.1, 0.15) is 11.7 Å². The van der Waals surface area contributed by atoms with Crippen molar-refractivity contribution in [1.82, 2.24) is 0 Å². The normalized spacial score (nSPS) is 15.1. The minimum atomic E-state index is -1.06. The molecule has 0 aromatic heterocycles. The summed E-state index contributed by atoms with van der Waals surface area (Å²) in [6.07, 6.45) is 0.774. The first-order chi connectivity index (χ1) is 8.50. The number of rotatable bonds is 4. The van der Waals surface area contributed by atoms with Crippen LogP contribution >= 0.6 is 0 Å². The number of fused-ring (bicyclic) bond motifs is 1. The maximum absolute atomic E-state index is 12.2. The van der Waals surface area contributed by atoms with Crippen molar-refractivity contribution in [2.45, 2.75) is 20.3 Å². The fourth-order valence-electron chi connectivity index (χ4n) is 2.22. The third kappa shape index (κ3) is 2.23. The van der Waals surface area contributed by atoms with Gasteiger partial charge in [0.05, 0.1) is 6.61 Å². The van der Waals surface area contributed by atoms with Crippen LogP contribution in [0.2, 0.25) is 0 Å². The summed E-state index contributed by atoms with van der Waals surface area (Å²) in [6.45, 7) is 4.11. The lowest BCUT2D eigenvalue weighted by molar-refractivity contribution is -0.141. The molecule has 0 spiro atoms. The highest BCUT2D eigenvalue weighted by molar-refractivity contribution is 6.08. The van der Waals surface area contributed by atoms with Crippen molar-refractivity contribution in [3.8, 4) is 5.75 Å². The molecule has 1 unspecified atom stereocenters. The van der Waals surface area contributed by atoms with Crippen molar-refractivity contribution in [3.05, 3.63) is 29.3 Å². The van der Waals surface area contributed by atoms with Gasteiger partial charge in [0.15, 0.2) is 5.78 Å². The molecular weight excluding hydrogens is 232 g/mol. The van der Waals surface area contributed by atoms with E-state index in [1.807, 2.05) is 0 Å². The van der Waals surface area contributed by atoms with Gasteiger partial charge in [-0.25, -0.2) is 0 Å². The monoisotopic (exact) mass is 248 g/mol. The van der Waals surface area contributed by atoms with E-state index in [4.69, 9.17) is 9.84 Å². The van der Waals surface area contributed by atoms with Crippen molar-refractivity contribution >= 4 is 11.8 Å². The van der Waals surface area contributed by atoms with Crippen LogP contribution in [0, 0.1) is 11.8 Å². The van der Waals surface area contributed by atoms with E-state index in [-0.39, 0.29) is 11.7 Å².